The van der Waals surface area contributed by atoms with Crippen molar-refractivity contribution in [3.8, 4) is 0 Å². The van der Waals surface area contributed by atoms with Crippen molar-refractivity contribution >= 4 is 17.7 Å². The van der Waals surface area contributed by atoms with Gasteiger partial charge in [-0.2, -0.15) is 11.8 Å². The first-order valence-electron chi connectivity index (χ1n) is 6.94. The summed E-state index contributed by atoms with van der Waals surface area (Å²) in [5, 5.41) is 7.25. The lowest BCUT2D eigenvalue weighted by Gasteiger charge is -2.26. The zero-order chi connectivity index (χ0) is 12.1. The fourth-order valence-corrected chi connectivity index (χ4v) is 4.08. The van der Waals surface area contributed by atoms with Gasteiger partial charge in [0.25, 0.3) is 0 Å². The minimum absolute atomic E-state index is 0.205. The molecule has 0 bridgehead atoms. The van der Waals surface area contributed by atoms with Crippen molar-refractivity contribution in [2.75, 3.05) is 18.8 Å². The van der Waals surface area contributed by atoms with Gasteiger partial charge in [0, 0.05) is 17.8 Å². The predicted octanol–water partition coefficient (Wildman–Crippen LogP) is 1.78. The lowest BCUT2D eigenvalue weighted by atomic mass is 9.98. The van der Waals surface area contributed by atoms with E-state index in [0.717, 1.165) is 31.7 Å². The number of hydrogen-bond acceptors (Lipinski definition) is 3. The summed E-state index contributed by atoms with van der Waals surface area (Å²) in [5.41, 5.74) is 0. The molecule has 17 heavy (non-hydrogen) atoms. The Morgan fingerprint density at radius 3 is 2.94 bits per heavy atom. The van der Waals surface area contributed by atoms with Crippen LogP contribution in [0.25, 0.3) is 0 Å². The Kier molecular flexibility index (Phi) is 5.16. The second-order valence-corrected chi connectivity index (χ2v) is 6.60. The van der Waals surface area contributed by atoms with Gasteiger partial charge in [0.05, 0.1) is 5.92 Å². The van der Waals surface area contributed by atoms with Gasteiger partial charge in [-0.05, 0) is 38.0 Å². The quantitative estimate of drug-likeness (QED) is 0.805. The molecule has 2 rings (SSSR count). The molecular formula is C13H24N2OS. The second-order valence-electron chi connectivity index (χ2n) is 5.08. The maximum Gasteiger partial charge on any atom is 0.224 e. The van der Waals surface area contributed by atoms with Gasteiger partial charge in [-0.25, -0.2) is 0 Å². The van der Waals surface area contributed by atoms with Crippen LogP contribution in [0.1, 0.15) is 39.0 Å². The van der Waals surface area contributed by atoms with Crippen molar-refractivity contribution in [1.82, 2.24) is 10.6 Å². The third kappa shape index (κ3) is 3.62. The van der Waals surface area contributed by atoms with Crippen LogP contribution in [-0.2, 0) is 4.79 Å². The highest BCUT2D eigenvalue weighted by Gasteiger charge is 2.30. The van der Waals surface area contributed by atoms with Crippen LogP contribution in [-0.4, -0.2) is 36.0 Å². The Labute approximate surface area is 108 Å². The number of carbonyl (C=O) groups is 1. The van der Waals surface area contributed by atoms with Crippen LogP contribution in [0.3, 0.4) is 0 Å². The maximum absolute atomic E-state index is 12.1. The number of carbonyl (C=O) groups excluding carboxylic acids is 1. The maximum atomic E-state index is 12.1. The molecule has 1 amide bonds. The number of nitrogens with one attached hydrogen (secondary N) is 2. The monoisotopic (exact) mass is 256 g/mol. The molecule has 98 valence electrons. The van der Waals surface area contributed by atoms with E-state index in [-0.39, 0.29) is 11.8 Å². The van der Waals surface area contributed by atoms with E-state index in [1.807, 2.05) is 11.8 Å². The summed E-state index contributed by atoms with van der Waals surface area (Å²) in [6.45, 7) is 4.14. The summed E-state index contributed by atoms with van der Waals surface area (Å²) < 4.78 is 0. The van der Waals surface area contributed by atoms with Gasteiger partial charge in [-0.1, -0.05) is 13.3 Å². The van der Waals surface area contributed by atoms with Gasteiger partial charge >= 0.3 is 0 Å². The van der Waals surface area contributed by atoms with Crippen LogP contribution in [0.15, 0.2) is 0 Å². The van der Waals surface area contributed by atoms with E-state index < -0.39 is 0 Å². The number of hydrogen-bond donors (Lipinski definition) is 2. The molecule has 1 saturated carbocycles. The first kappa shape index (κ1) is 13.2. The van der Waals surface area contributed by atoms with Crippen molar-refractivity contribution < 1.29 is 4.79 Å². The fraction of sp³-hybridized carbons (Fsp3) is 0.923. The Balaban J connectivity index is 1.80. The summed E-state index contributed by atoms with van der Waals surface area (Å²) >= 11 is 2.01. The van der Waals surface area contributed by atoms with E-state index in [2.05, 4.69) is 17.6 Å². The zero-order valence-electron chi connectivity index (χ0n) is 10.7. The van der Waals surface area contributed by atoms with Gasteiger partial charge in [0.2, 0.25) is 5.91 Å². The van der Waals surface area contributed by atoms with E-state index in [9.17, 15) is 4.79 Å². The van der Waals surface area contributed by atoms with Crippen molar-refractivity contribution in [2.24, 2.45) is 5.92 Å². The molecule has 0 aromatic rings. The van der Waals surface area contributed by atoms with Crippen LogP contribution in [0.2, 0.25) is 0 Å². The number of rotatable bonds is 4. The van der Waals surface area contributed by atoms with Crippen molar-refractivity contribution in [1.29, 1.82) is 0 Å². The Morgan fingerprint density at radius 1 is 1.35 bits per heavy atom. The molecule has 0 aromatic carbocycles. The molecule has 2 N–H and O–H groups in total. The van der Waals surface area contributed by atoms with Crippen molar-refractivity contribution in [2.45, 2.75) is 50.3 Å². The van der Waals surface area contributed by atoms with Crippen LogP contribution in [0.5, 0.6) is 0 Å². The Morgan fingerprint density at radius 2 is 2.24 bits per heavy atom. The van der Waals surface area contributed by atoms with Crippen LogP contribution in [0.4, 0.5) is 0 Å². The summed E-state index contributed by atoms with van der Waals surface area (Å²) in [5.74, 6) is 1.64. The molecule has 0 spiro atoms. The van der Waals surface area contributed by atoms with Gasteiger partial charge in [0.15, 0.2) is 0 Å². The molecule has 3 atom stereocenters. The highest BCUT2D eigenvalue weighted by molar-refractivity contribution is 7.99. The van der Waals surface area contributed by atoms with Crippen molar-refractivity contribution in [3.63, 3.8) is 0 Å². The lowest BCUT2D eigenvalue weighted by molar-refractivity contribution is -0.126. The first-order chi connectivity index (χ1) is 8.31. The van der Waals surface area contributed by atoms with Crippen LogP contribution in [0, 0.1) is 5.92 Å². The summed E-state index contributed by atoms with van der Waals surface area (Å²) in [6, 6.07) is 0.425. The Hall–Kier alpha value is -0.220. The lowest BCUT2D eigenvalue weighted by Crippen LogP contribution is -2.46. The normalized spacial score (nSPS) is 33.6. The third-order valence-electron chi connectivity index (χ3n) is 3.83. The highest BCUT2D eigenvalue weighted by atomic mass is 32.2. The first-order valence-corrected chi connectivity index (χ1v) is 7.99. The highest BCUT2D eigenvalue weighted by Crippen LogP contribution is 2.30. The molecule has 1 heterocycles. The largest absolute Gasteiger partial charge is 0.352 e. The number of amides is 1. The fourth-order valence-electron chi connectivity index (χ4n) is 2.88. The molecule has 0 radical (unpaired) electrons. The minimum Gasteiger partial charge on any atom is -0.352 e. The van der Waals surface area contributed by atoms with Gasteiger partial charge < -0.3 is 10.6 Å². The molecule has 0 aromatic heterocycles. The molecule has 2 unspecified atom stereocenters. The molecule has 3 nitrogen and oxygen atoms in total. The van der Waals surface area contributed by atoms with E-state index in [1.165, 1.54) is 19.3 Å². The minimum atomic E-state index is 0.205. The average molecular weight is 256 g/mol. The SMILES string of the molecule is CCSC1CCCC1NC(=O)[C@@H]1CCCNC1. The van der Waals surface area contributed by atoms with E-state index >= 15 is 0 Å². The van der Waals surface area contributed by atoms with Crippen LogP contribution < -0.4 is 10.6 Å². The second kappa shape index (κ2) is 6.64. The molecule has 1 aliphatic carbocycles. The summed E-state index contributed by atoms with van der Waals surface area (Å²) in [7, 11) is 0. The van der Waals surface area contributed by atoms with Gasteiger partial charge in [-0.15, -0.1) is 0 Å². The molecular weight excluding hydrogens is 232 g/mol. The third-order valence-corrected chi connectivity index (χ3v) is 5.15. The predicted molar refractivity (Wildman–Crippen MR) is 73.3 cm³/mol. The van der Waals surface area contributed by atoms with Crippen molar-refractivity contribution in [3.05, 3.63) is 0 Å². The number of piperidine rings is 1. The molecule has 1 aliphatic heterocycles. The van der Waals surface area contributed by atoms with E-state index in [1.54, 1.807) is 0 Å². The van der Waals surface area contributed by atoms with Gasteiger partial charge in [-0.3, -0.25) is 4.79 Å². The molecule has 4 heteroatoms. The smallest absolute Gasteiger partial charge is 0.224 e. The average Bonchev–Trinajstić information content (AvgIpc) is 2.78. The van der Waals surface area contributed by atoms with E-state index in [0.29, 0.717) is 11.3 Å². The van der Waals surface area contributed by atoms with Crippen LogP contribution >= 0.6 is 11.8 Å². The van der Waals surface area contributed by atoms with Gasteiger partial charge in [0.1, 0.15) is 0 Å². The molecule has 2 aliphatic rings. The molecule has 1 saturated heterocycles. The number of thioether (sulfide) groups is 1. The summed E-state index contributed by atoms with van der Waals surface area (Å²) in [6.07, 6.45) is 5.90. The topological polar surface area (TPSA) is 41.1 Å². The molecule has 2 fully saturated rings. The Bertz CT molecular complexity index is 254. The summed E-state index contributed by atoms with van der Waals surface area (Å²) in [4.78, 5) is 12.1. The zero-order valence-corrected chi connectivity index (χ0v) is 11.5. The standard InChI is InChI=1S/C13H24N2OS/c1-2-17-12-7-3-6-11(12)15-13(16)10-5-4-8-14-9-10/h10-12,14H,2-9H2,1H3,(H,15,16)/t10-,11?,12?/m1/s1. The van der Waals surface area contributed by atoms with E-state index in [4.69, 9.17) is 0 Å².